The number of rotatable bonds is 14. The zero-order valence-corrected chi connectivity index (χ0v) is 44.9. The molecule has 0 saturated heterocycles. The van der Waals surface area contributed by atoms with Crippen molar-refractivity contribution in [3.63, 3.8) is 0 Å². The van der Waals surface area contributed by atoms with Crippen molar-refractivity contribution >= 4 is 112 Å². The molecular weight excluding hydrogens is 997 g/mol. The van der Waals surface area contributed by atoms with Crippen LogP contribution in [0.15, 0.2) is 130 Å². The number of fused-ring (bicyclic) bond motifs is 3. The van der Waals surface area contributed by atoms with Crippen molar-refractivity contribution in [2.75, 3.05) is 41.0 Å². The van der Waals surface area contributed by atoms with Gasteiger partial charge in [-0.15, -0.1) is 91.5 Å². The van der Waals surface area contributed by atoms with Gasteiger partial charge in [0.25, 0.3) is 0 Å². The van der Waals surface area contributed by atoms with Crippen molar-refractivity contribution in [1.82, 2.24) is 9.13 Å². The molecule has 8 heterocycles. The number of thiophene rings is 6. The van der Waals surface area contributed by atoms with Crippen LogP contribution >= 0.6 is 91.5 Å². The zero-order chi connectivity index (χ0) is 46.8. The van der Waals surface area contributed by atoms with Crippen LogP contribution in [0.2, 0.25) is 0 Å². The van der Waals surface area contributed by atoms with Crippen LogP contribution in [-0.2, 0) is 14.1 Å². The quantitative estimate of drug-likeness (QED) is 0.101. The molecule has 6 nitrogen and oxygen atoms in total. The van der Waals surface area contributed by atoms with Crippen molar-refractivity contribution in [2.45, 2.75) is 8.42 Å². The topological polar surface area (TPSA) is 46.8 Å². The summed E-state index contributed by atoms with van der Waals surface area (Å²) in [7, 11) is 11.3. The van der Waals surface area contributed by atoms with Crippen LogP contribution in [0.25, 0.3) is 104 Å². The minimum absolute atomic E-state index is 0.860. The van der Waals surface area contributed by atoms with E-state index in [1.165, 1.54) is 70.4 Å². The molecule has 0 radical (unpaired) electrons. The van der Waals surface area contributed by atoms with Crippen molar-refractivity contribution in [1.29, 1.82) is 0 Å². The van der Waals surface area contributed by atoms with Crippen molar-refractivity contribution in [2.24, 2.45) is 14.1 Å². The predicted octanol–water partition coefficient (Wildman–Crippen LogP) is 17.9. The number of methoxy groups -OCH3 is 4. The average Bonchev–Trinajstić information content (AvgIpc) is 4.24. The second-order valence-corrected chi connectivity index (χ2v) is 24.3. The summed E-state index contributed by atoms with van der Waals surface area (Å²) >= 11 is 14.3. The first-order chi connectivity index (χ1) is 33.3. The molecule has 0 amide bonds. The smallest absolute Gasteiger partial charge is 0.140 e. The fraction of sp³-hybridized carbons (Fsp3) is 0.148. The SMILES string of the molecule is COc1cc(SC)sc1-c1ccc(-c2sc(-c3sc4c(ccc5c(-c6ccccc6)c(-c6cc(OC)c(-c7ccc(-c8sc(SC)cc8OC)n7C)s6)sc54)c3-c3ccccc3)cc2OC)n1C. The Kier molecular flexibility index (Phi) is 12.4. The normalized spacial score (nSPS) is 11.6. The van der Waals surface area contributed by atoms with Crippen LogP contribution in [0, 0.1) is 0 Å². The predicted molar refractivity (Wildman–Crippen MR) is 300 cm³/mol. The van der Waals surface area contributed by atoms with E-state index in [-0.39, 0.29) is 0 Å². The lowest BCUT2D eigenvalue weighted by atomic mass is 9.98. The second-order valence-electron chi connectivity index (χ2n) is 15.8. The maximum atomic E-state index is 6.21. The van der Waals surface area contributed by atoms with Gasteiger partial charge in [-0.1, -0.05) is 72.8 Å². The van der Waals surface area contributed by atoms with Crippen LogP contribution in [0.4, 0.5) is 0 Å². The molecule has 0 spiro atoms. The molecule has 0 aliphatic heterocycles. The highest BCUT2D eigenvalue weighted by molar-refractivity contribution is 8.00. The van der Waals surface area contributed by atoms with Crippen LogP contribution in [0.3, 0.4) is 0 Å². The number of aromatic nitrogens is 2. The van der Waals surface area contributed by atoms with E-state index in [0.717, 1.165) is 65.3 Å². The third-order valence-electron chi connectivity index (χ3n) is 12.3. The fourth-order valence-electron chi connectivity index (χ4n) is 8.97. The van der Waals surface area contributed by atoms with Gasteiger partial charge in [0.15, 0.2) is 0 Å². The molecule has 14 heteroatoms. The van der Waals surface area contributed by atoms with Crippen LogP contribution in [0.5, 0.6) is 23.0 Å². The Hall–Kier alpha value is -5.16. The Bertz CT molecular complexity index is 3390. The molecule has 0 aliphatic rings. The molecule has 0 N–H and O–H groups in total. The highest BCUT2D eigenvalue weighted by Gasteiger charge is 2.28. The summed E-state index contributed by atoms with van der Waals surface area (Å²) in [6.45, 7) is 0. The Morgan fingerprint density at radius 2 is 0.721 bits per heavy atom. The number of thioether (sulfide) groups is 2. The highest BCUT2D eigenvalue weighted by Crippen LogP contribution is 2.57. The average molecular weight is 1040 g/mol. The van der Waals surface area contributed by atoms with Gasteiger partial charge in [-0.2, -0.15) is 0 Å². The number of hydrogen-bond acceptors (Lipinski definition) is 12. The molecule has 342 valence electrons. The largest absolute Gasteiger partial charge is 0.495 e. The summed E-state index contributed by atoms with van der Waals surface area (Å²) < 4.78 is 33.6. The van der Waals surface area contributed by atoms with E-state index in [1.54, 1.807) is 97.3 Å². The molecule has 0 fully saturated rings. The summed E-state index contributed by atoms with van der Waals surface area (Å²) in [5.74, 6) is 3.51. The fourth-order valence-corrected chi connectivity index (χ4v) is 17.8. The Balaban J connectivity index is 1.08. The van der Waals surface area contributed by atoms with Gasteiger partial charge in [0, 0.05) is 70.0 Å². The molecule has 8 aromatic heterocycles. The second kappa shape index (κ2) is 18.6. The molecule has 0 bridgehead atoms. The maximum absolute atomic E-state index is 6.21. The zero-order valence-electron chi connectivity index (χ0n) is 38.3. The summed E-state index contributed by atoms with van der Waals surface area (Å²) in [5.41, 5.74) is 9.30. The summed E-state index contributed by atoms with van der Waals surface area (Å²) in [6, 6.07) is 43.9. The van der Waals surface area contributed by atoms with E-state index in [0.29, 0.717) is 0 Å². The first-order valence-corrected chi connectivity index (χ1v) is 28.9. The van der Waals surface area contributed by atoms with E-state index in [2.05, 4.69) is 157 Å². The number of nitrogens with zero attached hydrogens (tertiary/aromatic N) is 2. The van der Waals surface area contributed by atoms with Gasteiger partial charge < -0.3 is 28.1 Å². The Morgan fingerprint density at radius 1 is 0.382 bits per heavy atom. The highest BCUT2D eigenvalue weighted by atomic mass is 32.2. The van der Waals surface area contributed by atoms with Gasteiger partial charge in [0.2, 0.25) is 0 Å². The molecule has 11 rings (SSSR count). The molecule has 0 saturated carbocycles. The lowest BCUT2D eigenvalue weighted by Gasteiger charge is -2.08. The molecule has 0 atom stereocenters. The maximum Gasteiger partial charge on any atom is 0.140 e. The van der Waals surface area contributed by atoms with E-state index in [1.807, 2.05) is 22.7 Å². The van der Waals surface area contributed by atoms with E-state index < -0.39 is 0 Å². The monoisotopic (exact) mass is 1040 g/mol. The minimum Gasteiger partial charge on any atom is -0.495 e. The van der Waals surface area contributed by atoms with Crippen LogP contribution < -0.4 is 18.9 Å². The third-order valence-corrected chi connectivity index (χ3v) is 21.9. The number of ether oxygens (including phenoxy) is 4. The first-order valence-electron chi connectivity index (χ1n) is 21.5. The molecular formula is C54H44N2O4S8. The molecule has 11 aromatic rings. The molecule has 0 aliphatic carbocycles. The lowest BCUT2D eigenvalue weighted by molar-refractivity contribution is 0.417. The number of hydrogen-bond donors (Lipinski definition) is 0. The number of benzene rings is 3. The third kappa shape index (κ3) is 7.55. The summed E-state index contributed by atoms with van der Waals surface area (Å²) in [6.07, 6.45) is 4.21. The van der Waals surface area contributed by atoms with E-state index in [9.17, 15) is 0 Å². The molecule has 0 unspecified atom stereocenters. The van der Waals surface area contributed by atoms with Crippen molar-refractivity contribution in [3.8, 4) is 107 Å². The summed E-state index contributed by atoms with van der Waals surface area (Å²) in [5, 5.41) is 2.49. The summed E-state index contributed by atoms with van der Waals surface area (Å²) in [4.78, 5) is 9.24. The standard InChI is InChI=1S/C54H44N2O4S8/c1-55-33(21-23-35(55)51-39(59-5)27-43(61-7)65-51)49-37(57-3)25-41(63-49)53-45(29-15-11-9-12-16-29)31-19-20-32-46(30-17-13-10-14-18-30)54(68-48(32)47(31)67-53)42-26-38(58-4)50(64-42)34-22-24-36(56(34)2)52-40(60-6)28-44(62-8)66-52/h9-28H,1-8H3. The van der Waals surface area contributed by atoms with E-state index >= 15 is 0 Å². The van der Waals surface area contributed by atoms with Gasteiger partial charge in [0.05, 0.1) is 98.3 Å². The lowest BCUT2D eigenvalue weighted by Crippen LogP contribution is -1.94. The first kappa shape index (κ1) is 45.3. The van der Waals surface area contributed by atoms with Gasteiger partial charge in [-0.05, 0) is 47.9 Å². The van der Waals surface area contributed by atoms with E-state index in [4.69, 9.17) is 18.9 Å². The Morgan fingerprint density at radius 3 is 1.06 bits per heavy atom. The van der Waals surface area contributed by atoms with Crippen LogP contribution in [0.1, 0.15) is 0 Å². The van der Waals surface area contributed by atoms with Crippen molar-refractivity contribution < 1.29 is 18.9 Å². The minimum atomic E-state index is 0.860. The van der Waals surface area contributed by atoms with Gasteiger partial charge in [-0.25, -0.2) is 0 Å². The van der Waals surface area contributed by atoms with Gasteiger partial charge in [0.1, 0.15) is 23.0 Å². The van der Waals surface area contributed by atoms with Gasteiger partial charge in [-0.3, -0.25) is 0 Å². The van der Waals surface area contributed by atoms with Gasteiger partial charge >= 0.3 is 0 Å². The van der Waals surface area contributed by atoms with Crippen molar-refractivity contribution in [3.05, 3.63) is 121 Å². The molecule has 68 heavy (non-hydrogen) atoms. The van der Waals surface area contributed by atoms with Crippen LogP contribution in [-0.4, -0.2) is 50.1 Å². The molecule has 3 aromatic carbocycles. The Labute approximate surface area is 428 Å².